The second kappa shape index (κ2) is 6.36. The second-order valence-corrected chi connectivity index (χ2v) is 6.23. The maximum absolute atomic E-state index is 12.4. The van der Waals surface area contributed by atoms with Gasteiger partial charge in [-0.05, 0) is 25.0 Å². The standard InChI is InChI=1S/C16H17N3O2S/c1-17-14(20)9-22-15-8-12(16(21)18-10-6-7-10)11-4-2-3-5-13(11)19-15/h2-5,8,10H,6-7,9H2,1H3,(H,17,20)(H,18,21). The van der Waals surface area contributed by atoms with Crippen molar-refractivity contribution in [1.82, 2.24) is 15.6 Å². The Bertz CT molecular complexity index is 728. The lowest BCUT2D eigenvalue weighted by Crippen LogP contribution is -2.25. The van der Waals surface area contributed by atoms with Gasteiger partial charge in [0, 0.05) is 18.5 Å². The Labute approximate surface area is 132 Å². The van der Waals surface area contributed by atoms with Gasteiger partial charge in [-0.25, -0.2) is 4.98 Å². The number of thioether (sulfide) groups is 1. The van der Waals surface area contributed by atoms with Crippen LogP contribution in [0.25, 0.3) is 10.9 Å². The summed E-state index contributed by atoms with van der Waals surface area (Å²) in [5, 5.41) is 7.11. The predicted octanol–water partition coefficient (Wildman–Crippen LogP) is 1.97. The zero-order valence-corrected chi connectivity index (χ0v) is 13.1. The second-order valence-electron chi connectivity index (χ2n) is 5.23. The van der Waals surface area contributed by atoms with Gasteiger partial charge < -0.3 is 10.6 Å². The van der Waals surface area contributed by atoms with Crippen LogP contribution >= 0.6 is 11.8 Å². The number of aromatic nitrogens is 1. The molecule has 0 aliphatic heterocycles. The van der Waals surface area contributed by atoms with Gasteiger partial charge in [-0.3, -0.25) is 9.59 Å². The van der Waals surface area contributed by atoms with Crippen molar-refractivity contribution in [2.45, 2.75) is 23.9 Å². The lowest BCUT2D eigenvalue weighted by Gasteiger charge is -2.09. The van der Waals surface area contributed by atoms with Gasteiger partial charge in [0.2, 0.25) is 5.91 Å². The smallest absolute Gasteiger partial charge is 0.252 e. The van der Waals surface area contributed by atoms with Gasteiger partial charge in [-0.15, -0.1) is 0 Å². The molecular weight excluding hydrogens is 298 g/mol. The zero-order valence-electron chi connectivity index (χ0n) is 12.3. The molecule has 0 spiro atoms. The number of pyridine rings is 1. The number of amides is 2. The van der Waals surface area contributed by atoms with E-state index in [1.807, 2.05) is 24.3 Å². The Kier molecular flexibility index (Phi) is 4.29. The van der Waals surface area contributed by atoms with Crippen LogP contribution < -0.4 is 10.6 Å². The third-order valence-electron chi connectivity index (χ3n) is 3.48. The van der Waals surface area contributed by atoms with Crippen molar-refractivity contribution in [3.05, 3.63) is 35.9 Å². The minimum absolute atomic E-state index is 0.0658. The van der Waals surface area contributed by atoms with Crippen molar-refractivity contribution in [1.29, 1.82) is 0 Å². The van der Waals surface area contributed by atoms with Crippen molar-refractivity contribution in [2.24, 2.45) is 0 Å². The van der Waals surface area contributed by atoms with E-state index in [0.29, 0.717) is 16.6 Å². The number of fused-ring (bicyclic) bond motifs is 1. The molecule has 1 aliphatic rings. The summed E-state index contributed by atoms with van der Waals surface area (Å²) < 4.78 is 0. The molecule has 1 aromatic carbocycles. The molecular formula is C16H17N3O2S. The molecule has 2 aromatic rings. The fourth-order valence-electron chi connectivity index (χ4n) is 2.12. The van der Waals surface area contributed by atoms with E-state index in [1.165, 1.54) is 11.8 Å². The van der Waals surface area contributed by atoms with E-state index >= 15 is 0 Å². The summed E-state index contributed by atoms with van der Waals surface area (Å²) in [7, 11) is 1.60. The molecule has 1 fully saturated rings. The molecule has 114 valence electrons. The predicted molar refractivity (Wildman–Crippen MR) is 87.0 cm³/mol. The van der Waals surface area contributed by atoms with Gasteiger partial charge in [0.15, 0.2) is 0 Å². The molecule has 2 amide bonds. The molecule has 0 atom stereocenters. The Morgan fingerprint density at radius 1 is 1.32 bits per heavy atom. The highest BCUT2D eigenvalue weighted by atomic mass is 32.2. The summed E-state index contributed by atoms with van der Waals surface area (Å²) in [6.07, 6.45) is 2.10. The average Bonchev–Trinajstić information content (AvgIpc) is 3.35. The van der Waals surface area contributed by atoms with E-state index < -0.39 is 0 Å². The van der Waals surface area contributed by atoms with E-state index in [1.54, 1.807) is 13.1 Å². The van der Waals surface area contributed by atoms with Gasteiger partial charge in [0.25, 0.3) is 5.91 Å². The number of carbonyl (C=O) groups is 2. The van der Waals surface area contributed by atoms with Crippen molar-refractivity contribution in [3.8, 4) is 0 Å². The lowest BCUT2D eigenvalue weighted by molar-refractivity contribution is -0.118. The summed E-state index contributed by atoms with van der Waals surface area (Å²) in [5.74, 6) is 0.151. The summed E-state index contributed by atoms with van der Waals surface area (Å²) in [6, 6.07) is 9.65. The first kappa shape index (κ1) is 14.8. The van der Waals surface area contributed by atoms with Crippen molar-refractivity contribution >= 4 is 34.5 Å². The number of hydrogen-bond acceptors (Lipinski definition) is 4. The molecule has 1 aromatic heterocycles. The fourth-order valence-corrected chi connectivity index (χ4v) is 2.90. The quantitative estimate of drug-likeness (QED) is 0.828. The number of hydrogen-bond donors (Lipinski definition) is 2. The summed E-state index contributed by atoms with van der Waals surface area (Å²) in [5.41, 5.74) is 1.39. The number of carbonyl (C=O) groups excluding carboxylic acids is 2. The largest absolute Gasteiger partial charge is 0.358 e. The molecule has 1 saturated carbocycles. The highest BCUT2D eigenvalue weighted by Crippen LogP contribution is 2.25. The molecule has 0 saturated heterocycles. The summed E-state index contributed by atoms with van der Waals surface area (Å²) in [6.45, 7) is 0. The average molecular weight is 315 g/mol. The van der Waals surface area contributed by atoms with Crippen LogP contribution in [0, 0.1) is 0 Å². The number of para-hydroxylation sites is 1. The lowest BCUT2D eigenvalue weighted by atomic mass is 10.1. The van der Waals surface area contributed by atoms with Gasteiger partial charge >= 0.3 is 0 Å². The van der Waals surface area contributed by atoms with E-state index in [-0.39, 0.29) is 17.6 Å². The Balaban J connectivity index is 1.92. The Morgan fingerprint density at radius 2 is 2.09 bits per heavy atom. The van der Waals surface area contributed by atoms with Gasteiger partial charge in [0.1, 0.15) is 0 Å². The van der Waals surface area contributed by atoms with E-state index in [0.717, 1.165) is 23.7 Å². The third kappa shape index (κ3) is 3.39. The highest BCUT2D eigenvalue weighted by molar-refractivity contribution is 7.99. The highest BCUT2D eigenvalue weighted by Gasteiger charge is 2.25. The van der Waals surface area contributed by atoms with Crippen LogP contribution in [0.1, 0.15) is 23.2 Å². The molecule has 3 rings (SSSR count). The SMILES string of the molecule is CNC(=O)CSc1cc(C(=O)NC2CC2)c2ccccc2n1. The maximum atomic E-state index is 12.4. The van der Waals surface area contributed by atoms with Gasteiger partial charge in [0.05, 0.1) is 21.9 Å². The molecule has 0 radical (unpaired) electrons. The monoisotopic (exact) mass is 315 g/mol. The normalized spacial score (nSPS) is 13.9. The molecule has 22 heavy (non-hydrogen) atoms. The first-order valence-corrected chi connectivity index (χ1v) is 8.20. The van der Waals surface area contributed by atoms with Crippen molar-refractivity contribution in [2.75, 3.05) is 12.8 Å². The number of rotatable bonds is 5. The van der Waals surface area contributed by atoms with E-state index in [4.69, 9.17) is 0 Å². The van der Waals surface area contributed by atoms with E-state index in [9.17, 15) is 9.59 Å². The van der Waals surface area contributed by atoms with Crippen LogP contribution in [0.15, 0.2) is 35.4 Å². The molecule has 1 aliphatic carbocycles. The fraction of sp³-hybridized carbons (Fsp3) is 0.312. The molecule has 1 heterocycles. The minimum atomic E-state index is -0.0668. The minimum Gasteiger partial charge on any atom is -0.358 e. The molecule has 5 nitrogen and oxygen atoms in total. The molecule has 0 bridgehead atoms. The van der Waals surface area contributed by atoms with Crippen LogP contribution in [0.4, 0.5) is 0 Å². The van der Waals surface area contributed by atoms with Crippen molar-refractivity contribution in [3.63, 3.8) is 0 Å². The Morgan fingerprint density at radius 3 is 2.82 bits per heavy atom. The Hall–Kier alpha value is -2.08. The summed E-state index contributed by atoms with van der Waals surface area (Å²) in [4.78, 5) is 28.3. The van der Waals surface area contributed by atoms with Crippen LogP contribution in [0.3, 0.4) is 0 Å². The summed E-state index contributed by atoms with van der Waals surface area (Å²) >= 11 is 1.33. The van der Waals surface area contributed by atoms with Crippen LogP contribution in [0.2, 0.25) is 0 Å². The molecule has 2 N–H and O–H groups in total. The van der Waals surface area contributed by atoms with Crippen LogP contribution in [0.5, 0.6) is 0 Å². The topological polar surface area (TPSA) is 71.1 Å². The zero-order chi connectivity index (χ0) is 15.5. The third-order valence-corrected chi connectivity index (χ3v) is 4.39. The number of benzene rings is 1. The van der Waals surface area contributed by atoms with Gasteiger partial charge in [-0.2, -0.15) is 0 Å². The number of nitrogens with zero attached hydrogens (tertiary/aromatic N) is 1. The molecule has 0 unspecified atom stereocenters. The van der Waals surface area contributed by atoms with Gasteiger partial charge in [-0.1, -0.05) is 30.0 Å². The first-order valence-electron chi connectivity index (χ1n) is 7.21. The number of nitrogens with one attached hydrogen (secondary N) is 2. The van der Waals surface area contributed by atoms with Crippen molar-refractivity contribution < 1.29 is 9.59 Å². The van der Waals surface area contributed by atoms with Crippen LogP contribution in [-0.2, 0) is 4.79 Å². The molecule has 6 heteroatoms. The van der Waals surface area contributed by atoms with Crippen LogP contribution in [-0.4, -0.2) is 35.6 Å². The van der Waals surface area contributed by atoms with E-state index in [2.05, 4.69) is 15.6 Å². The maximum Gasteiger partial charge on any atom is 0.252 e. The first-order chi connectivity index (χ1) is 10.7.